The number of benzene rings is 1. The van der Waals surface area contributed by atoms with Crippen LogP contribution in [0.25, 0.3) is 0 Å². The summed E-state index contributed by atoms with van der Waals surface area (Å²) in [6, 6.07) is 8.06. The van der Waals surface area contributed by atoms with E-state index in [1.807, 2.05) is 42.4 Å². The second-order valence-electron chi connectivity index (χ2n) is 11.8. The van der Waals surface area contributed by atoms with Crippen LogP contribution >= 0.6 is 0 Å². The number of aliphatic hydroxyl groups is 1. The number of aryl methyl sites for hydroxylation is 1. The lowest BCUT2D eigenvalue weighted by atomic mass is 9.78. The molecule has 1 saturated carbocycles. The number of anilines is 1. The molecule has 1 fully saturated rings. The van der Waals surface area contributed by atoms with Crippen molar-refractivity contribution in [3.63, 3.8) is 0 Å². The second kappa shape index (κ2) is 13.4. The molecule has 6 heteroatoms. The Morgan fingerprint density at radius 1 is 1.23 bits per heavy atom. The summed E-state index contributed by atoms with van der Waals surface area (Å²) in [6.07, 6.45) is 14.8. The molecule has 2 aromatic rings. The number of nitrogens with zero attached hydrogens (tertiary/aromatic N) is 3. The Bertz CT molecular complexity index is 1290. The highest BCUT2D eigenvalue weighted by Gasteiger charge is 2.33. The number of methoxy groups -OCH3 is 1. The molecular formula is C34H45N3O3. The van der Waals surface area contributed by atoms with E-state index in [1.54, 1.807) is 18.0 Å². The Balaban J connectivity index is 1.58. The van der Waals surface area contributed by atoms with Crippen molar-refractivity contribution in [1.29, 1.82) is 0 Å². The molecule has 1 N–H and O–H groups in total. The van der Waals surface area contributed by atoms with Gasteiger partial charge in [-0.05, 0) is 87.6 Å². The molecule has 214 valence electrons. The van der Waals surface area contributed by atoms with Crippen LogP contribution in [-0.2, 0) is 16.6 Å². The summed E-state index contributed by atoms with van der Waals surface area (Å²) >= 11 is 0. The standard InChI is InChI=1S/C34H45N3O3/c1-6-8-27(17-19-34(3)20-18-32(40-5)25(34)2)24-37(33(39)29-13-15-31(38)16-14-29)30-10-7-9-26(21-30)11-12-28-22-35-36(4)23-28/h7,9-10,18,20-23,27,29,31,38H,6,8,13-17,19,24H2,1-5H3/t27-,29-,31-,34?/m0/s1. The minimum Gasteiger partial charge on any atom is -0.497 e. The number of carbonyl (C=O) groups excluding carboxylic acids is 1. The van der Waals surface area contributed by atoms with Crippen molar-refractivity contribution in [3.8, 4) is 11.8 Å². The van der Waals surface area contributed by atoms with Gasteiger partial charge in [0.15, 0.2) is 0 Å². The summed E-state index contributed by atoms with van der Waals surface area (Å²) in [4.78, 5) is 16.1. The van der Waals surface area contributed by atoms with Crippen LogP contribution in [0.15, 0.2) is 60.1 Å². The predicted molar refractivity (Wildman–Crippen MR) is 161 cm³/mol. The Kier molecular flexibility index (Phi) is 9.92. The van der Waals surface area contributed by atoms with Crippen molar-refractivity contribution in [2.75, 3.05) is 18.6 Å². The molecule has 1 heterocycles. The molecule has 1 unspecified atom stereocenters. The summed E-state index contributed by atoms with van der Waals surface area (Å²) in [7, 11) is 3.61. The first-order valence-corrected chi connectivity index (χ1v) is 14.8. The van der Waals surface area contributed by atoms with Gasteiger partial charge in [0.05, 0.1) is 25.0 Å². The number of ether oxygens (including phenoxy) is 1. The molecular weight excluding hydrogens is 498 g/mol. The average molecular weight is 544 g/mol. The fraction of sp³-hybridized carbons (Fsp3) is 0.529. The molecule has 0 saturated heterocycles. The molecule has 6 nitrogen and oxygen atoms in total. The van der Waals surface area contributed by atoms with Gasteiger partial charge in [0.2, 0.25) is 5.91 Å². The van der Waals surface area contributed by atoms with E-state index in [0.717, 1.165) is 61.1 Å². The molecule has 2 aliphatic rings. The SMILES string of the molecule is CCC[C@@H](CCC1(C)C=CC(OC)=C1C)CN(c1cccc(C#Cc2cnn(C)c2)c1)C(=O)[C@H]1CC[C@H](O)CC1. The fourth-order valence-corrected chi connectivity index (χ4v) is 6.03. The molecule has 4 rings (SSSR count). The normalized spacial score (nSPS) is 23.1. The monoisotopic (exact) mass is 543 g/mol. The average Bonchev–Trinajstić information content (AvgIpc) is 3.51. The number of hydrogen-bond acceptors (Lipinski definition) is 4. The van der Waals surface area contributed by atoms with Crippen LogP contribution in [-0.4, -0.2) is 40.6 Å². The van der Waals surface area contributed by atoms with Gasteiger partial charge >= 0.3 is 0 Å². The van der Waals surface area contributed by atoms with Gasteiger partial charge in [-0.2, -0.15) is 5.10 Å². The second-order valence-corrected chi connectivity index (χ2v) is 11.8. The van der Waals surface area contributed by atoms with E-state index in [9.17, 15) is 9.90 Å². The van der Waals surface area contributed by atoms with Crippen LogP contribution in [0.2, 0.25) is 0 Å². The highest BCUT2D eigenvalue weighted by atomic mass is 16.5. The zero-order chi connectivity index (χ0) is 28.7. The first kappa shape index (κ1) is 29.7. The zero-order valence-corrected chi connectivity index (χ0v) is 24.8. The number of carbonyl (C=O) groups is 1. The Labute approximate surface area is 240 Å². The lowest BCUT2D eigenvalue weighted by Gasteiger charge is -2.34. The van der Waals surface area contributed by atoms with Gasteiger partial charge in [0, 0.05) is 42.4 Å². The van der Waals surface area contributed by atoms with E-state index in [4.69, 9.17) is 4.74 Å². The summed E-state index contributed by atoms with van der Waals surface area (Å²) in [5.41, 5.74) is 3.90. The third-order valence-corrected chi connectivity index (χ3v) is 8.78. The van der Waals surface area contributed by atoms with Gasteiger partial charge in [-0.3, -0.25) is 9.48 Å². The summed E-state index contributed by atoms with van der Waals surface area (Å²) in [5.74, 6) is 7.91. The molecule has 2 atom stereocenters. The zero-order valence-electron chi connectivity index (χ0n) is 24.8. The maximum absolute atomic E-state index is 14.1. The van der Waals surface area contributed by atoms with Crippen molar-refractivity contribution in [3.05, 3.63) is 71.3 Å². The maximum Gasteiger partial charge on any atom is 0.230 e. The van der Waals surface area contributed by atoms with Crippen LogP contribution in [0, 0.1) is 29.1 Å². The van der Waals surface area contributed by atoms with E-state index in [0.29, 0.717) is 25.3 Å². The topological polar surface area (TPSA) is 67.6 Å². The molecule has 1 aromatic carbocycles. The number of aliphatic hydroxyl groups excluding tert-OH is 1. The molecule has 0 bridgehead atoms. The van der Waals surface area contributed by atoms with E-state index in [2.05, 4.69) is 49.9 Å². The molecule has 1 amide bonds. The van der Waals surface area contributed by atoms with Crippen LogP contribution in [0.1, 0.15) is 83.3 Å². The number of amides is 1. The molecule has 0 radical (unpaired) electrons. The Morgan fingerprint density at radius 2 is 1.98 bits per heavy atom. The van der Waals surface area contributed by atoms with E-state index >= 15 is 0 Å². The minimum atomic E-state index is -0.287. The first-order valence-electron chi connectivity index (χ1n) is 14.8. The molecule has 1 aromatic heterocycles. The van der Waals surface area contributed by atoms with E-state index in [1.165, 1.54) is 5.57 Å². The quantitative estimate of drug-likeness (QED) is 0.352. The molecule has 40 heavy (non-hydrogen) atoms. The smallest absolute Gasteiger partial charge is 0.230 e. The van der Waals surface area contributed by atoms with E-state index in [-0.39, 0.29) is 23.3 Å². The highest BCUT2D eigenvalue weighted by Crippen LogP contribution is 2.42. The van der Waals surface area contributed by atoms with Crippen LogP contribution in [0.4, 0.5) is 5.69 Å². The van der Waals surface area contributed by atoms with Crippen molar-refractivity contribution in [1.82, 2.24) is 9.78 Å². The van der Waals surface area contributed by atoms with Crippen LogP contribution in [0.3, 0.4) is 0 Å². The lowest BCUT2D eigenvalue weighted by Crippen LogP contribution is -2.41. The first-order chi connectivity index (χ1) is 19.2. The third-order valence-electron chi connectivity index (χ3n) is 8.78. The third kappa shape index (κ3) is 7.26. The Hall–Kier alpha value is -3.30. The van der Waals surface area contributed by atoms with Crippen molar-refractivity contribution in [2.45, 2.75) is 78.2 Å². The number of aromatic nitrogens is 2. The number of rotatable bonds is 10. The van der Waals surface area contributed by atoms with Crippen LogP contribution < -0.4 is 4.90 Å². The Morgan fingerprint density at radius 3 is 2.62 bits per heavy atom. The van der Waals surface area contributed by atoms with Gasteiger partial charge in [-0.25, -0.2) is 0 Å². The van der Waals surface area contributed by atoms with Gasteiger partial charge in [-0.1, -0.05) is 44.3 Å². The van der Waals surface area contributed by atoms with Gasteiger partial charge in [0.1, 0.15) is 5.76 Å². The van der Waals surface area contributed by atoms with E-state index < -0.39 is 0 Å². The predicted octanol–water partition coefficient (Wildman–Crippen LogP) is 6.40. The van der Waals surface area contributed by atoms with Crippen molar-refractivity contribution < 1.29 is 14.6 Å². The van der Waals surface area contributed by atoms with Gasteiger partial charge in [-0.15, -0.1) is 0 Å². The largest absolute Gasteiger partial charge is 0.497 e. The molecule has 2 aliphatic carbocycles. The number of hydrogen-bond donors (Lipinski definition) is 1. The van der Waals surface area contributed by atoms with Crippen LogP contribution in [0.5, 0.6) is 0 Å². The highest BCUT2D eigenvalue weighted by molar-refractivity contribution is 5.95. The lowest BCUT2D eigenvalue weighted by molar-refractivity contribution is -0.124. The molecule has 0 spiro atoms. The maximum atomic E-state index is 14.1. The fourth-order valence-electron chi connectivity index (χ4n) is 6.03. The van der Waals surface area contributed by atoms with Crippen molar-refractivity contribution in [2.24, 2.45) is 24.3 Å². The molecule has 0 aliphatic heterocycles. The minimum absolute atomic E-state index is 0.0204. The summed E-state index contributed by atoms with van der Waals surface area (Å²) < 4.78 is 7.31. The van der Waals surface area contributed by atoms with Gasteiger partial charge < -0.3 is 14.7 Å². The summed E-state index contributed by atoms with van der Waals surface area (Å²) in [6.45, 7) is 7.36. The van der Waals surface area contributed by atoms with Gasteiger partial charge in [0.25, 0.3) is 0 Å². The van der Waals surface area contributed by atoms with Crippen molar-refractivity contribution >= 4 is 11.6 Å². The number of allylic oxidation sites excluding steroid dienone is 3. The summed E-state index contributed by atoms with van der Waals surface area (Å²) in [5, 5.41) is 14.3.